The Morgan fingerprint density at radius 3 is 2.42 bits per heavy atom. The highest BCUT2D eigenvalue weighted by Gasteiger charge is 2.23. The molecule has 2 aromatic carbocycles. The lowest BCUT2D eigenvalue weighted by molar-refractivity contribution is 0.303. The summed E-state index contributed by atoms with van der Waals surface area (Å²) in [6.45, 7) is 0. The van der Waals surface area contributed by atoms with Crippen LogP contribution in [0.1, 0.15) is 30.0 Å². The molecule has 3 heteroatoms. The van der Waals surface area contributed by atoms with Gasteiger partial charge in [-0.2, -0.15) is 0 Å². The first-order valence-corrected chi connectivity index (χ1v) is 6.50. The fraction of sp³-hybridized carbons (Fsp3) is 0.250. The van der Waals surface area contributed by atoms with Crippen LogP contribution in [0.25, 0.3) is 0 Å². The van der Waals surface area contributed by atoms with E-state index in [1.54, 1.807) is 6.07 Å². The topological polar surface area (TPSA) is 35.2 Å². The Morgan fingerprint density at radius 2 is 1.74 bits per heavy atom. The van der Waals surface area contributed by atoms with Crippen molar-refractivity contribution in [1.29, 1.82) is 0 Å². The number of hydrogen-bond acceptors (Lipinski definition) is 2. The minimum absolute atomic E-state index is 0.265. The first-order chi connectivity index (χ1) is 9.22. The second-order valence-electron chi connectivity index (χ2n) is 4.92. The minimum atomic E-state index is -0.335. The molecule has 0 saturated heterocycles. The summed E-state index contributed by atoms with van der Waals surface area (Å²) >= 11 is 0. The number of hydrogen-bond donors (Lipinski definition) is 1. The first kappa shape index (κ1) is 12.2. The molecule has 0 aromatic heterocycles. The molecule has 1 unspecified atom stereocenters. The van der Waals surface area contributed by atoms with Gasteiger partial charge >= 0.3 is 0 Å². The van der Waals surface area contributed by atoms with Gasteiger partial charge in [0.15, 0.2) is 0 Å². The summed E-state index contributed by atoms with van der Waals surface area (Å²) in [7, 11) is 0. The van der Waals surface area contributed by atoms with E-state index < -0.39 is 0 Å². The van der Waals surface area contributed by atoms with Gasteiger partial charge in [0.05, 0.1) is 12.1 Å². The van der Waals surface area contributed by atoms with E-state index in [1.165, 1.54) is 12.1 Å². The van der Waals surface area contributed by atoms with Crippen LogP contribution in [0.3, 0.4) is 0 Å². The molecule has 1 aliphatic carbocycles. The number of rotatable bonds is 4. The van der Waals surface area contributed by atoms with Crippen molar-refractivity contribution in [1.82, 2.24) is 0 Å². The van der Waals surface area contributed by atoms with Gasteiger partial charge in [0.1, 0.15) is 11.6 Å². The van der Waals surface area contributed by atoms with Gasteiger partial charge in [0.2, 0.25) is 0 Å². The Morgan fingerprint density at radius 1 is 1.05 bits per heavy atom. The molecular formula is C16H16FNO. The molecule has 1 saturated carbocycles. The van der Waals surface area contributed by atoms with Crippen LogP contribution < -0.4 is 10.5 Å². The monoisotopic (exact) mass is 257 g/mol. The highest BCUT2D eigenvalue weighted by atomic mass is 19.1. The zero-order chi connectivity index (χ0) is 13.2. The van der Waals surface area contributed by atoms with E-state index in [4.69, 9.17) is 10.5 Å². The normalized spacial score (nSPS) is 16.1. The van der Waals surface area contributed by atoms with Crippen LogP contribution in [-0.2, 0) is 0 Å². The van der Waals surface area contributed by atoms with E-state index in [-0.39, 0.29) is 11.9 Å². The average Bonchev–Trinajstić information content (AvgIpc) is 3.22. The van der Waals surface area contributed by atoms with Gasteiger partial charge in [0, 0.05) is 0 Å². The van der Waals surface area contributed by atoms with Crippen LogP contribution in [0.5, 0.6) is 5.75 Å². The van der Waals surface area contributed by atoms with Crippen molar-refractivity contribution in [3.05, 3.63) is 65.5 Å². The number of nitrogens with two attached hydrogens (primary N) is 1. The molecule has 0 heterocycles. The summed E-state index contributed by atoms with van der Waals surface area (Å²) in [4.78, 5) is 0. The largest absolute Gasteiger partial charge is 0.490 e. The SMILES string of the molecule is NC(c1cccc(F)c1)c1cccc(OC2CC2)c1. The van der Waals surface area contributed by atoms with Crippen molar-refractivity contribution in [3.8, 4) is 5.75 Å². The summed E-state index contributed by atoms with van der Waals surface area (Å²) in [6.07, 6.45) is 2.61. The molecule has 1 atom stereocenters. The smallest absolute Gasteiger partial charge is 0.123 e. The molecule has 1 aliphatic rings. The van der Waals surface area contributed by atoms with Crippen LogP contribution in [0.2, 0.25) is 0 Å². The van der Waals surface area contributed by atoms with Crippen molar-refractivity contribution in [3.63, 3.8) is 0 Å². The molecule has 3 rings (SSSR count). The van der Waals surface area contributed by atoms with E-state index in [2.05, 4.69) is 0 Å². The third-order valence-electron chi connectivity index (χ3n) is 3.25. The summed E-state index contributed by atoms with van der Waals surface area (Å²) in [5, 5.41) is 0. The summed E-state index contributed by atoms with van der Waals surface area (Å²) in [6, 6.07) is 13.8. The second-order valence-corrected chi connectivity index (χ2v) is 4.92. The van der Waals surface area contributed by atoms with E-state index in [9.17, 15) is 4.39 Å². The van der Waals surface area contributed by atoms with Crippen molar-refractivity contribution < 1.29 is 9.13 Å². The van der Waals surface area contributed by atoms with E-state index >= 15 is 0 Å². The van der Waals surface area contributed by atoms with Crippen LogP contribution in [0, 0.1) is 5.82 Å². The van der Waals surface area contributed by atoms with E-state index in [0.29, 0.717) is 6.10 Å². The zero-order valence-electron chi connectivity index (χ0n) is 10.6. The van der Waals surface area contributed by atoms with Crippen molar-refractivity contribution >= 4 is 0 Å². The number of halogens is 1. The molecule has 0 bridgehead atoms. The maximum absolute atomic E-state index is 13.2. The summed E-state index contributed by atoms with van der Waals surface area (Å²) in [5.74, 6) is 0.574. The Bertz CT molecular complexity index is 580. The highest BCUT2D eigenvalue weighted by Crippen LogP contribution is 2.29. The van der Waals surface area contributed by atoms with Gasteiger partial charge in [-0.3, -0.25) is 0 Å². The van der Waals surface area contributed by atoms with Crippen LogP contribution in [0.4, 0.5) is 4.39 Å². The molecule has 1 fully saturated rings. The number of ether oxygens (including phenoxy) is 1. The molecule has 0 amide bonds. The van der Waals surface area contributed by atoms with E-state index in [1.807, 2.05) is 30.3 Å². The van der Waals surface area contributed by atoms with Gasteiger partial charge in [-0.1, -0.05) is 24.3 Å². The lowest BCUT2D eigenvalue weighted by Crippen LogP contribution is -2.12. The van der Waals surface area contributed by atoms with Crippen LogP contribution in [-0.4, -0.2) is 6.10 Å². The Balaban J connectivity index is 1.83. The molecule has 0 spiro atoms. The molecule has 0 radical (unpaired) electrons. The van der Waals surface area contributed by atoms with Gasteiger partial charge in [-0.15, -0.1) is 0 Å². The van der Waals surface area contributed by atoms with Crippen molar-refractivity contribution in [2.45, 2.75) is 25.0 Å². The predicted octanol–water partition coefficient (Wildman–Crippen LogP) is 3.42. The highest BCUT2D eigenvalue weighted by molar-refractivity contribution is 5.36. The molecule has 0 aliphatic heterocycles. The first-order valence-electron chi connectivity index (χ1n) is 6.50. The Hall–Kier alpha value is -1.87. The zero-order valence-corrected chi connectivity index (χ0v) is 10.6. The molecule has 2 aromatic rings. The van der Waals surface area contributed by atoms with Gasteiger partial charge in [-0.25, -0.2) is 4.39 Å². The third kappa shape index (κ3) is 2.93. The molecule has 98 valence electrons. The second kappa shape index (κ2) is 5.02. The minimum Gasteiger partial charge on any atom is -0.490 e. The lowest BCUT2D eigenvalue weighted by atomic mass is 9.99. The van der Waals surface area contributed by atoms with Gasteiger partial charge in [-0.05, 0) is 48.2 Å². The Kier molecular flexibility index (Phi) is 3.22. The maximum Gasteiger partial charge on any atom is 0.123 e. The lowest BCUT2D eigenvalue weighted by Gasteiger charge is -2.14. The van der Waals surface area contributed by atoms with Crippen LogP contribution in [0.15, 0.2) is 48.5 Å². The van der Waals surface area contributed by atoms with Crippen LogP contribution >= 0.6 is 0 Å². The average molecular weight is 257 g/mol. The molecular weight excluding hydrogens is 241 g/mol. The standard InChI is InChI=1S/C16H16FNO/c17-13-5-1-3-11(9-13)16(18)12-4-2-6-15(10-12)19-14-7-8-14/h1-6,9-10,14,16H,7-8,18H2. The van der Waals surface area contributed by atoms with Gasteiger partial charge in [0.25, 0.3) is 0 Å². The summed E-state index contributed by atoms with van der Waals surface area (Å²) < 4.78 is 19.0. The summed E-state index contributed by atoms with van der Waals surface area (Å²) in [5.41, 5.74) is 7.88. The molecule has 2 N–H and O–H groups in total. The fourth-order valence-electron chi connectivity index (χ4n) is 2.05. The van der Waals surface area contributed by atoms with Crippen molar-refractivity contribution in [2.75, 3.05) is 0 Å². The quantitative estimate of drug-likeness (QED) is 0.911. The molecule has 2 nitrogen and oxygen atoms in total. The predicted molar refractivity (Wildman–Crippen MR) is 72.5 cm³/mol. The maximum atomic E-state index is 13.2. The fourth-order valence-corrected chi connectivity index (χ4v) is 2.05. The van der Waals surface area contributed by atoms with Crippen molar-refractivity contribution in [2.24, 2.45) is 5.73 Å². The van der Waals surface area contributed by atoms with E-state index in [0.717, 1.165) is 29.7 Å². The Labute approximate surface area is 112 Å². The number of benzene rings is 2. The molecule has 19 heavy (non-hydrogen) atoms. The third-order valence-corrected chi connectivity index (χ3v) is 3.25. The van der Waals surface area contributed by atoms with Gasteiger partial charge < -0.3 is 10.5 Å².